The van der Waals surface area contributed by atoms with Crippen LogP contribution in [-0.2, 0) is 27.7 Å². The van der Waals surface area contributed by atoms with Crippen molar-refractivity contribution in [2.24, 2.45) is 0 Å². The van der Waals surface area contributed by atoms with Gasteiger partial charge < -0.3 is 4.90 Å². The fraction of sp³-hybridized carbons (Fsp3) is 0.522. The summed E-state index contributed by atoms with van der Waals surface area (Å²) in [5.74, 6) is 0.128. The molecule has 2 aromatic rings. The van der Waals surface area contributed by atoms with Crippen LogP contribution in [0.5, 0.6) is 0 Å². The highest BCUT2D eigenvalue weighted by atomic mass is 32.2. The van der Waals surface area contributed by atoms with Crippen LogP contribution in [0.1, 0.15) is 60.6 Å². The summed E-state index contributed by atoms with van der Waals surface area (Å²) in [7, 11) is -3.43. The van der Waals surface area contributed by atoms with Crippen LogP contribution >= 0.6 is 11.3 Å². The topological polar surface area (TPSA) is 57.7 Å². The van der Waals surface area contributed by atoms with Crippen molar-refractivity contribution in [3.63, 3.8) is 0 Å². The fourth-order valence-electron chi connectivity index (χ4n) is 4.87. The number of carbonyl (C=O) groups excluding carboxylic acids is 1. The van der Waals surface area contributed by atoms with Crippen LogP contribution in [0.25, 0.3) is 0 Å². The monoisotopic (exact) mass is 444 g/mol. The van der Waals surface area contributed by atoms with Crippen LogP contribution in [0.3, 0.4) is 0 Å². The molecule has 1 aromatic heterocycles. The van der Waals surface area contributed by atoms with Gasteiger partial charge in [-0.05, 0) is 61.8 Å². The lowest BCUT2D eigenvalue weighted by molar-refractivity contribution is -0.133. The number of aryl methyl sites for hydroxylation is 1. The first-order chi connectivity index (χ1) is 14.5. The molecule has 3 aliphatic rings. The van der Waals surface area contributed by atoms with E-state index in [0.29, 0.717) is 23.3 Å². The third-order valence-corrected chi connectivity index (χ3v) is 9.99. The quantitative estimate of drug-likeness (QED) is 0.673. The molecule has 1 amide bonds. The lowest BCUT2D eigenvalue weighted by Gasteiger charge is -2.30. The Hall–Kier alpha value is -1.70. The molecule has 0 N–H and O–H groups in total. The summed E-state index contributed by atoms with van der Waals surface area (Å²) in [6.45, 7) is 1.20. The van der Waals surface area contributed by atoms with Crippen molar-refractivity contribution in [3.05, 3.63) is 52.4 Å². The number of thiophene rings is 1. The molecule has 0 radical (unpaired) electrons. The normalized spacial score (nSPS) is 22.1. The van der Waals surface area contributed by atoms with E-state index in [-0.39, 0.29) is 18.4 Å². The van der Waals surface area contributed by atoms with Crippen molar-refractivity contribution < 1.29 is 13.2 Å². The zero-order valence-electron chi connectivity index (χ0n) is 17.1. The second-order valence-corrected chi connectivity index (χ2v) is 12.0. The molecule has 2 fully saturated rings. The largest absolute Gasteiger partial charge is 0.332 e. The molecule has 7 heteroatoms. The second kappa shape index (κ2) is 8.09. The van der Waals surface area contributed by atoms with Gasteiger partial charge in [-0.3, -0.25) is 4.79 Å². The van der Waals surface area contributed by atoms with Gasteiger partial charge in [-0.2, -0.15) is 4.31 Å². The highest BCUT2D eigenvalue weighted by Gasteiger charge is 2.40. The second-order valence-electron chi connectivity index (χ2n) is 8.65. The smallest absolute Gasteiger partial charge is 0.252 e. The number of hydrogen-bond acceptors (Lipinski definition) is 4. The third kappa shape index (κ3) is 3.83. The van der Waals surface area contributed by atoms with E-state index in [9.17, 15) is 13.2 Å². The van der Waals surface area contributed by atoms with E-state index in [1.807, 2.05) is 6.07 Å². The van der Waals surface area contributed by atoms with Crippen molar-refractivity contribution in [2.75, 3.05) is 13.1 Å². The average molecular weight is 445 g/mol. The molecule has 2 heterocycles. The number of hydrogen-bond donors (Lipinski definition) is 0. The van der Waals surface area contributed by atoms with E-state index in [2.05, 4.69) is 29.2 Å². The van der Waals surface area contributed by atoms with Crippen molar-refractivity contribution in [1.82, 2.24) is 9.21 Å². The van der Waals surface area contributed by atoms with Crippen molar-refractivity contribution in [2.45, 2.75) is 67.7 Å². The summed E-state index contributed by atoms with van der Waals surface area (Å²) in [6, 6.07) is 12.5. The Morgan fingerprint density at radius 3 is 2.57 bits per heavy atom. The molecule has 0 spiro atoms. The Bertz CT molecular complexity index is 1040. The first-order valence-electron chi connectivity index (χ1n) is 11.0. The van der Waals surface area contributed by atoms with E-state index in [1.165, 1.54) is 22.5 Å². The van der Waals surface area contributed by atoms with Crippen LogP contribution in [-0.4, -0.2) is 42.7 Å². The van der Waals surface area contributed by atoms with E-state index < -0.39 is 10.0 Å². The van der Waals surface area contributed by atoms with Gasteiger partial charge in [-0.25, -0.2) is 8.42 Å². The summed E-state index contributed by atoms with van der Waals surface area (Å²) >= 11 is 1.26. The molecule has 160 valence electrons. The van der Waals surface area contributed by atoms with Crippen LogP contribution in [0.2, 0.25) is 0 Å². The molecule has 1 saturated carbocycles. The molecule has 1 atom stereocenters. The van der Waals surface area contributed by atoms with Gasteiger partial charge in [-0.15, -0.1) is 11.3 Å². The Morgan fingerprint density at radius 1 is 1.03 bits per heavy atom. The van der Waals surface area contributed by atoms with Crippen molar-refractivity contribution >= 4 is 27.3 Å². The van der Waals surface area contributed by atoms with Gasteiger partial charge in [0.05, 0.1) is 12.5 Å². The number of rotatable bonds is 6. The van der Waals surface area contributed by atoms with E-state index >= 15 is 0 Å². The van der Waals surface area contributed by atoms with E-state index in [1.54, 1.807) is 10.4 Å². The van der Waals surface area contributed by atoms with Crippen LogP contribution in [0.4, 0.5) is 0 Å². The molecule has 1 aliphatic heterocycles. The standard InChI is InChI=1S/C23H28N2O3S2/c26-22(25(18-9-10-18)21-12-8-17-6-2-3-7-20(17)21)16-19-11-13-23(29-19)30(27,28)24-14-4-1-5-15-24/h2-3,6-7,11,13,18,21H,1,4-5,8-10,12,14-16H2/t21-/m0/s1. The number of benzene rings is 1. The molecular formula is C23H28N2O3S2. The maximum absolute atomic E-state index is 13.3. The lowest BCUT2D eigenvalue weighted by Crippen LogP contribution is -2.37. The summed E-state index contributed by atoms with van der Waals surface area (Å²) in [6.07, 6.45) is 7.39. The molecular weight excluding hydrogens is 416 g/mol. The van der Waals surface area contributed by atoms with Gasteiger partial charge in [0, 0.05) is 24.0 Å². The molecule has 0 bridgehead atoms. The Balaban J connectivity index is 1.33. The molecule has 5 nitrogen and oxygen atoms in total. The highest BCUT2D eigenvalue weighted by Crippen LogP contribution is 2.42. The molecule has 2 aliphatic carbocycles. The molecule has 5 rings (SSSR count). The number of nitrogens with zero attached hydrogens (tertiary/aromatic N) is 2. The van der Waals surface area contributed by atoms with Crippen LogP contribution < -0.4 is 0 Å². The first kappa shape index (κ1) is 20.2. The Labute approximate surface area is 182 Å². The molecule has 0 unspecified atom stereocenters. The zero-order valence-corrected chi connectivity index (χ0v) is 18.8. The first-order valence-corrected chi connectivity index (χ1v) is 13.3. The predicted molar refractivity (Wildman–Crippen MR) is 118 cm³/mol. The van der Waals surface area contributed by atoms with Gasteiger partial charge in [0.25, 0.3) is 10.0 Å². The maximum atomic E-state index is 13.3. The van der Waals surface area contributed by atoms with Crippen molar-refractivity contribution in [1.29, 1.82) is 0 Å². The number of carbonyl (C=O) groups is 1. The summed E-state index contributed by atoms with van der Waals surface area (Å²) < 4.78 is 27.8. The summed E-state index contributed by atoms with van der Waals surface area (Å²) in [5.41, 5.74) is 2.64. The van der Waals surface area contributed by atoms with E-state index in [4.69, 9.17) is 0 Å². The van der Waals surface area contributed by atoms with E-state index in [0.717, 1.165) is 49.8 Å². The number of amides is 1. The van der Waals surface area contributed by atoms with Crippen LogP contribution in [0, 0.1) is 0 Å². The molecule has 1 saturated heterocycles. The molecule has 1 aromatic carbocycles. The number of sulfonamides is 1. The third-order valence-electron chi connectivity index (χ3n) is 6.54. The lowest BCUT2D eigenvalue weighted by atomic mass is 10.1. The van der Waals surface area contributed by atoms with Crippen LogP contribution in [0.15, 0.2) is 40.6 Å². The Kier molecular flexibility index (Phi) is 5.45. The van der Waals surface area contributed by atoms with Crippen molar-refractivity contribution in [3.8, 4) is 0 Å². The predicted octanol–water partition coefficient (Wildman–Crippen LogP) is 4.14. The van der Waals surface area contributed by atoms with Gasteiger partial charge in [0.2, 0.25) is 5.91 Å². The summed E-state index contributed by atoms with van der Waals surface area (Å²) in [5, 5.41) is 0. The summed E-state index contributed by atoms with van der Waals surface area (Å²) in [4.78, 5) is 16.3. The minimum atomic E-state index is -3.43. The fourth-order valence-corrected chi connectivity index (χ4v) is 7.89. The molecule has 30 heavy (non-hydrogen) atoms. The van der Waals surface area contributed by atoms with Gasteiger partial charge in [0.15, 0.2) is 0 Å². The van der Waals surface area contributed by atoms with Gasteiger partial charge in [0.1, 0.15) is 4.21 Å². The minimum absolute atomic E-state index is 0.128. The van der Waals surface area contributed by atoms with Gasteiger partial charge in [-0.1, -0.05) is 30.7 Å². The SMILES string of the molecule is O=C(Cc1ccc(S(=O)(=O)N2CCCCC2)s1)N(C1CC1)[C@H]1CCc2ccccc21. The van der Waals surface area contributed by atoms with Gasteiger partial charge >= 0.3 is 0 Å². The minimum Gasteiger partial charge on any atom is -0.332 e. The average Bonchev–Trinajstić information content (AvgIpc) is 3.31. The maximum Gasteiger partial charge on any atom is 0.252 e. The number of piperidine rings is 1. The zero-order chi connectivity index (χ0) is 20.7. The number of fused-ring (bicyclic) bond motifs is 1. The highest BCUT2D eigenvalue weighted by molar-refractivity contribution is 7.91. The Morgan fingerprint density at radius 2 is 1.80 bits per heavy atom.